The molecule has 0 heterocycles. The Morgan fingerprint density at radius 1 is 1.13 bits per heavy atom. The van der Waals surface area contributed by atoms with Gasteiger partial charge in [-0.25, -0.2) is 4.39 Å². The number of thioether (sulfide) groups is 1. The van der Waals surface area contributed by atoms with Crippen LogP contribution in [0.25, 0.3) is 0 Å². The maximum Gasteiger partial charge on any atom is 0.242 e. The number of hydrogen-bond donors (Lipinski definition) is 1. The smallest absolute Gasteiger partial charge is 0.242 e. The van der Waals surface area contributed by atoms with Gasteiger partial charge in [-0.15, -0.1) is 11.8 Å². The first-order chi connectivity index (χ1) is 14.9. The average Bonchev–Trinajstić information content (AvgIpc) is 3.27. The Hall–Kier alpha value is -2.34. The Bertz CT molecular complexity index is 881. The van der Waals surface area contributed by atoms with Crippen molar-refractivity contribution in [2.24, 2.45) is 0 Å². The molecule has 4 nitrogen and oxygen atoms in total. The second-order valence-corrected chi connectivity index (χ2v) is 9.36. The molecule has 1 fully saturated rings. The van der Waals surface area contributed by atoms with E-state index in [0.717, 1.165) is 30.6 Å². The summed E-state index contributed by atoms with van der Waals surface area (Å²) in [5.41, 5.74) is 1.61. The summed E-state index contributed by atoms with van der Waals surface area (Å²) in [4.78, 5) is 28.6. The Labute approximate surface area is 188 Å². The van der Waals surface area contributed by atoms with Crippen LogP contribution in [0.4, 0.5) is 4.39 Å². The van der Waals surface area contributed by atoms with Crippen molar-refractivity contribution in [3.63, 3.8) is 0 Å². The molecule has 31 heavy (non-hydrogen) atoms. The van der Waals surface area contributed by atoms with Crippen LogP contribution in [0.3, 0.4) is 0 Å². The van der Waals surface area contributed by atoms with Crippen LogP contribution in [-0.4, -0.2) is 34.6 Å². The number of nitrogens with zero attached hydrogens (tertiary/aromatic N) is 1. The fourth-order valence-electron chi connectivity index (χ4n) is 3.82. The molecule has 1 aliphatic rings. The zero-order valence-electron chi connectivity index (χ0n) is 18.3. The van der Waals surface area contributed by atoms with Crippen LogP contribution >= 0.6 is 11.8 Å². The number of benzene rings is 2. The van der Waals surface area contributed by atoms with Gasteiger partial charge in [0.25, 0.3) is 0 Å². The van der Waals surface area contributed by atoms with Gasteiger partial charge in [0.15, 0.2) is 0 Å². The van der Waals surface area contributed by atoms with Crippen LogP contribution in [0.15, 0.2) is 53.4 Å². The fraction of sp³-hybridized carbons (Fsp3) is 0.440. The first-order valence-electron chi connectivity index (χ1n) is 11.0. The summed E-state index contributed by atoms with van der Waals surface area (Å²) < 4.78 is 14.3. The summed E-state index contributed by atoms with van der Waals surface area (Å²) in [7, 11) is 0. The molecular formula is C25H31FN2O2S. The van der Waals surface area contributed by atoms with Crippen LogP contribution < -0.4 is 5.32 Å². The first kappa shape index (κ1) is 23.3. The third-order valence-electron chi connectivity index (χ3n) is 5.77. The third kappa shape index (κ3) is 6.82. The van der Waals surface area contributed by atoms with Gasteiger partial charge in [-0.3, -0.25) is 9.59 Å². The van der Waals surface area contributed by atoms with Gasteiger partial charge in [-0.1, -0.05) is 48.7 Å². The maximum absolute atomic E-state index is 14.3. The van der Waals surface area contributed by atoms with Crippen LogP contribution in [0, 0.1) is 12.7 Å². The van der Waals surface area contributed by atoms with E-state index in [4.69, 9.17) is 0 Å². The molecule has 6 heteroatoms. The summed E-state index contributed by atoms with van der Waals surface area (Å²) in [6, 6.07) is 14.1. The third-order valence-corrected chi connectivity index (χ3v) is 6.79. The molecule has 0 bridgehead atoms. The average molecular weight is 443 g/mol. The molecule has 0 aliphatic heterocycles. The Morgan fingerprint density at radius 2 is 1.81 bits per heavy atom. The van der Waals surface area contributed by atoms with Crippen LogP contribution in [0.2, 0.25) is 0 Å². The van der Waals surface area contributed by atoms with Gasteiger partial charge in [0.2, 0.25) is 11.8 Å². The molecule has 166 valence electrons. The zero-order valence-corrected chi connectivity index (χ0v) is 19.1. The van der Waals surface area contributed by atoms with Gasteiger partial charge in [0.05, 0.1) is 0 Å². The second kappa shape index (κ2) is 11.3. The Kier molecular flexibility index (Phi) is 8.52. The maximum atomic E-state index is 14.3. The number of rotatable bonds is 9. The largest absolute Gasteiger partial charge is 0.352 e. The van der Waals surface area contributed by atoms with Crippen molar-refractivity contribution in [1.29, 1.82) is 0 Å². The minimum absolute atomic E-state index is 0.0833. The van der Waals surface area contributed by atoms with Crippen molar-refractivity contribution in [3.8, 4) is 0 Å². The van der Waals surface area contributed by atoms with Crippen molar-refractivity contribution >= 4 is 23.6 Å². The van der Waals surface area contributed by atoms with Crippen LogP contribution in [0.1, 0.15) is 50.2 Å². The van der Waals surface area contributed by atoms with Crippen molar-refractivity contribution < 1.29 is 14.0 Å². The summed E-state index contributed by atoms with van der Waals surface area (Å²) >= 11 is 1.61. The quantitative estimate of drug-likeness (QED) is 0.550. The number of aryl methyl sites for hydroxylation is 1. The highest BCUT2D eigenvalue weighted by atomic mass is 32.2. The molecule has 2 aromatic rings. The molecule has 0 unspecified atom stereocenters. The lowest BCUT2D eigenvalue weighted by Gasteiger charge is -2.30. The summed E-state index contributed by atoms with van der Waals surface area (Å²) in [5.74, 6) is -0.0652. The zero-order chi connectivity index (χ0) is 22.2. The molecule has 1 saturated carbocycles. The van der Waals surface area contributed by atoms with Gasteiger partial charge >= 0.3 is 0 Å². The molecule has 2 aromatic carbocycles. The number of nitrogens with one attached hydrogen (secondary N) is 1. The molecule has 1 N–H and O–H groups in total. The van der Waals surface area contributed by atoms with E-state index in [2.05, 4.69) is 5.32 Å². The number of amides is 2. The minimum Gasteiger partial charge on any atom is -0.352 e. The minimum atomic E-state index is -0.655. The summed E-state index contributed by atoms with van der Waals surface area (Å²) in [5, 5.41) is 3.07. The molecular weight excluding hydrogens is 411 g/mol. The van der Waals surface area contributed by atoms with E-state index >= 15 is 0 Å². The lowest BCUT2D eigenvalue weighted by molar-refractivity contribution is -0.140. The summed E-state index contributed by atoms with van der Waals surface area (Å²) in [6.45, 7) is 3.85. The molecule has 2 amide bonds. The predicted molar refractivity (Wildman–Crippen MR) is 123 cm³/mol. The van der Waals surface area contributed by atoms with E-state index in [1.165, 1.54) is 16.5 Å². The highest BCUT2D eigenvalue weighted by Crippen LogP contribution is 2.22. The molecule has 1 atom stereocenters. The molecule has 1 aliphatic carbocycles. The molecule has 0 radical (unpaired) electrons. The van der Waals surface area contributed by atoms with Crippen LogP contribution in [-0.2, 0) is 16.1 Å². The lowest BCUT2D eigenvalue weighted by Crippen LogP contribution is -2.49. The normalized spacial score (nSPS) is 14.9. The second-order valence-electron chi connectivity index (χ2n) is 8.19. The van der Waals surface area contributed by atoms with Crippen LogP contribution in [0.5, 0.6) is 0 Å². The number of halogens is 1. The Morgan fingerprint density at radius 3 is 2.48 bits per heavy atom. The summed E-state index contributed by atoms with van der Waals surface area (Å²) in [6.07, 6.45) is 4.48. The van der Waals surface area contributed by atoms with E-state index in [1.807, 2.05) is 31.2 Å². The number of hydrogen-bond acceptors (Lipinski definition) is 3. The molecule has 0 aromatic heterocycles. The SMILES string of the molecule is Cc1ccc(SCCC(=O)N(Cc2ccccc2F)[C@H](C)C(=O)NC2CCCC2)cc1. The monoisotopic (exact) mass is 442 g/mol. The van der Waals surface area contributed by atoms with Gasteiger partial charge in [-0.05, 0) is 44.9 Å². The van der Waals surface area contributed by atoms with E-state index in [0.29, 0.717) is 11.3 Å². The van der Waals surface area contributed by atoms with Crippen molar-refractivity contribution in [2.75, 3.05) is 5.75 Å². The van der Waals surface area contributed by atoms with Gasteiger partial charge in [0.1, 0.15) is 11.9 Å². The standard InChI is InChI=1S/C25H31FN2O2S/c1-18-11-13-22(14-12-18)31-16-15-24(29)28(17-20-7-3-6-10-23(20)26)19(2)25(30)27-21-8-4-5-9-21/h3,6-7,10-14,19,21H,4-5,8-9,15-17H2,1-2H3,(H,27,30)/t19-/m1/s1. The van der Waals surface area contributed by atoms with Gasteiger partial charge in [-0.2, -0.15) is 0 Å². The Balaban J connectivity index is 1.66. The lowest BCUT2D eigenvalue weighted by atomic mass is 10.1. The topological polar surface area (TPSA) is 49.4 Å². The predicted octanol–water partition coefficient (Wildman–Crippen LogP) is 5.09. The van der Waals surface area contributed by atoms with Crippen molar-refractivity contribution in [2.45, 2.75) is 69.5 Å². The first-order valence-corrected chi connectivity index (χ1v) is 12.0. The van der Waals surface area contributed by atoms with E-state index in [1.54, 1.807) is 36.9 Å². The number of carbonyl (C=O) groups is 2. The molecule has 3 rings (SSSR count). The van der Waals surface area contributed by atoms with Gasteiger partial charge in [0, 0.05) is 35.2 Å². The fourth-order valence-corrected chi connectivity index (χ4v) is 4.66. The van der Waals surface area contributed by atoms with Gasteiger partial charge < -0.3 is 10.2 Å². The highest BCUT2D eigenvalue weighted by molar-refractivity contribution is 7.99. The molecule has 0 saturated heterocycles. The highest BCUT2D eigenvalue weighted by Gasteiger charge is 2.28. The van der Waals surface area contributed by atoms with Crippen molar-refractivity contribution in [1.82, 2.24) is 10.2 Å². The van der Waals surface area contributed by atoms with E-state index in [-0.39, 0.29) is 36.6 Å². The van der Waals surface area contributed by atoms with E-state index < -0.39 is 6.04 Å². The number of carbonyl (C=O) groups excluding carboxylic acids is 2. The van der Waals surface area contributed by atoms with E-state index in [9.17, 15) is 14.0 Å². The molecule has 0 spiro atoms. The van der Waals surface area contributed by atoms with Crippen molar-refractivity contribution in [3.05, 3.63) is 65.5 Å².